The van der Waals surface area contributed by atoms with Crippen LogP contribution >= 0.6 is 0 Å². The van der Waals surface area contributed by atoms with Crippen molar-refractivity contribution in [3.05, 3.63) is 48.5 Å². The molecule has 152 valence electrons. The molecule has 0 amide bonds. The third-order valence-electron chi connectivity index (χ3n) is 5.03. The smallest absolute Gasteiger partial charge is 0.214 e. The fraction of sp³-hybridized carbons (Fsp3) is 0.455. The number of nitrogens with one attached hydrogen (secondary N) is 1. The highest BCUT2D eigenvalue weighted by molar-refractivity contribution is 7.90. The maximum Gasteiger partial charge on any atom is 0.214 e. The summed E-state index contributed by atoms with van der Waals surface area (Å²) in [5.41, 5.74) is 2.10. The summed E-state index contributed by atoms with van der Waals surface area (Å²) in [4.78, 5) is 0. The molecule has 1 aliphatic carbocycles. The van der Waals surface area contributed by atoms with Crippen molar-refractivity contribution in [2.75, 3.05) is 6.61 Å². The first-order chi connectivity index (χ1) is 13.4. The second-order valence-electron chi connectivity index (χ2n) is 7.36. The molecule has 1 N–H and O–H groups in total. The van der Waals surface area contributed by atoms with Gasteiger partial charge in [-0.2, -0.15) is 0 Å². The Balaban J connectivity index is 1.71. The number of sulfonamides is 1. The van der Waals surface area contributed by atoms with Gasteiger partial charge < -0.3 is 9.47 Å². The van der Waals surface area contributed by atoms with Gasteiger partial charge >= 0.3 is 0 Å². The average molecular weight is 404 g/mol. The standard InChI is InChI=1S/C22H29NO4S/c1-4-26-21-10-6-5-8-19(21)17-12-14-18(15-13-17)27-22-11-7-9-20(22)23-28(24,25)16(2)3/h5-6,8,10,12-16,20,22-23H,4,7,9,11H2,1-3H3. The van der Waals surface area contributed by atoms with E-state index in [0.717, 1.165) is 41.9 Å². The lowest BCUT2D eigenvalue weighted by Gasteiger charge is -2.23. The number of para-hydroxylation sites is 1. The molecule has 1 aliphatic rings. The van der Waals surface area contributed by atoms with E-state index in [1.807, 2.05) is 55.5 Å². The molecule has 1 fully saturated rings. The Hall–Kier alpha value is -2.05. The average Bonchev–Trinajstić information content (AvgIpc) is 3.09. The van der Waals surface area contributed by atoms with Crippen LogP contribution in [0.3, 0.4) is 0 Å². The third-order valence-corrected chi connectivity index (χ3v) is 6.90. The monoisotopic (exact) mass is 403 g/mol. The van der Waals surface area contributed by atoms with Gasteiger partial charge in [0.2, 0.25) is 10.0 Å². The molecule has 0 aliphatic heterocycles. The first-order valence-corrected chi connectivity index (χ1v) is 11.5. The Morgan fingerprint density at radius 2 is 1.79 bits per heavy atom. The molecule has 0 aromatic heterocycles. The van der Waals surface area contributed by atoms with Crippen LogP contribution in [0.4, 0.5) is 0 Å². The molecule has 2 unspecified atom stereocenters. The molecule has 5 nitrogen and oxygen atoms in total. The Morgan fingerprint density at radius 1 is 1.07 bits per heavy atom. The Kier molecular flexibility index (Phi) is 6.62. The van der Waals surface area contributed by atoms with Crippen LogP contribution in [0.5, 0.6) is 11.5 Å². The predicted octanol–water partition coefficient (Wildman–Crippen LogP) is 4.38. The number of benzene rings is 2. The first kappa shape index (κ1) is 20.7. The lowest BCUT2D eigenvalue weighted by atomic mass is 10.0. The van der Waals surface area contributed by atoms with E-state index in [4.69, 9.17) is 9.47 Å². The lowest BCUT2D eigenvalue weighted by molar-refractivity contribution is 0.185. The Bertz CT molecular complexity index is 878. The zero-order valence-electron chi connectivity index (χ0n) is 16.7. The van der Waals surface area contributed by atoms with Gasteiger partial charge in [-0.05, 0) is 63.8 Å². The fourth-order valence-electron chi connectivity index (χ4n) is 3.42. The summed E-state index contributed by atoms with van der Waals surface area (Å²) in [6, 6.07) is 15.7. The van der Waals surface area contributed by atoms with Crippen molar-refractivity contribution in [2.24, 2.45) is 0 Å². The highest BCUT2D eigenvalue weighted by Gasteiger charge is 2.33. The second kappa shape index (κ2) is 8.97. The minimum atomic E-state index is -3.30. The lowest BCUT2D eigenvalue weighted by Crippen LogP contribution is -2.44. The van der Waals surface area contributed by atoms with Crippen molar-refractivity contribution < 1.29 is 17.9 Å². The van der Waals surface area contributed by atoms with Crippen LogP contribution in [0.15, 0.2) is 48.5 Å². The number of hydrogen-bond donors (Lipinski definition) is 1. The molecule has 0 heterocycles. The van der Waals surface area contributed by atoms with Gasteiger partial charge in [-0.15, -0.1) is 0 Å². The molecule has 3 rings (SSSR count). The molecule has 0 radical (unpaired) electrons. The maximum atomic E-state index is 12.2. The van der Waals surface area contributed by atoms with Crippen LogP contribution in [-0.2, 0) is 10.0 Å². The van der Waals surface area contributed by atoms with Crippen molar-refractivity contribution in [2.45, 2.75) is 57.4 Å². The van der Waals surface area contributed by atoms with Crippen molar-refractivity contribution in [3.63, 3.8) is 0 Å². The van der Waals surface area contributed by atoms with Crippen LogP contribution in [0, 0.1) is 0 Å². The number of ether oxygens (including phenoxy) is 2. The SMILES string of the molecule is CCOc1ccccc1-c1ccc(OC2CCCC2NS(=O)(=O)C(C)C)cc1. The van der Waals surface area contributed by atoms with E-state index in [9.17, 15) is 8.42 Å². The van der Waals surface area contributed by atoms with E-state index < -0.39 is 15.3 Å². The van der Waals surface area contributed by atoms with Gasteiger partial charge in [-0.1, -0.05) is 30.3 Å². The van der Waals surface area contributed by atoms with Gasteiger partial charge in [0.25, 0.3) is 0 Å². The summed E-state index contributed by atoms with van der Waals surface area (Å²) >= 11 is 0. The van der Waals surface area contributed by atoms with Gasteiger partial charge in [0.05, 0.1) is 17.9 Å². The van der Waals surface area contributed by atoms with Crippen LogP contribution in [0.25, 0.3) is 11.1 Å². The van der Waals surface area contributed by atoms with Gasteiger partial charge in [-0.25, -0.2) is 13.1 Å². The minimum Gasteiger partial charge on any atom is -0.493 e. The molecule has 0 bridgehead atoms. The topological polar surface area (TPSA) is 64.6 Å². The van der Waals surface area contributed by atoms with E-state index in [1.165, 1.54) is 0 Å². The highest BCUT2D eigenvalue weighted by Crippen LogP contribution is 2.32. The van der Waals surface area contributed by atoms with Crippen LogP contribution < -0.4 is 14.2 Å². The second-order valence-corrected chi connectivity index (χ2v) is 9.63. The summed E-state index contributed by atoms with van der Waals surface area (Å²) in [5, 5.41) is -0.446. The first-order valence-electron chi connectivity index (χ1n) is 9.90. The van der Waals surface area contributed by atoms with E-state index in [1.54, 1.807) is 13.8 Å². The Labute approximate surface area is 168 Å². The van der Waals surface area contributed by atoms with E-state index in [0.29, 0.717) is 6.61 Å². The van der Waals surface area contributed by atoms with E-state index >= 15 is 0 Å². The fourth-order valence-corrected chi connectivity index (χ4v) is 4.39. The summed E-state index contributed by atoms with van der Waals surface area (Å²) in [6.45, 7) is 5.96. The van der Waals surface area contributed by atoms with Crippen LogP contribution in [0.1, 0.15) is 40.0 Å². The van der Waals surface area contributed by atoms with Crippen molar-refractivity contribution in [1.82, 2.24) is 4.72 Å². The quantitative estimate of drug-likeness (QED) is 0.710. The van der Waals surface area contributed by atoms with Crippen molar-refractivity contribution in [3.8, 4) is 22.6 Å². The molecule has 0 spiro atoms. The van der Waals surface area contributed by atoms with Gasteiger partial charge in [0, 0.05) is 5.56 Å². The van der Waals surface area contributed by atoms with Crippen molar-refractivity contribution >= 4 is 10.0 Å². The molecular weight excluding hydrogens is 374 g/mol. The molecule has 0 saturated heterocycles. The summed E-state index contributed by atoms with van der Waals surface area (Å²) in [7, 11) is -3.30. The molecule has 2 atom stereocenters. The largest absolute Gasteiger partial charge is 0.493 e. The summed E-state index contributed by atoms with van der Waals surface area (Å²) in [6.07, 6.45) is 2.46. The predicted molar refractivity (Wildman–Crippen MR) is 112 cm³/mol. The third kappa shape index (κ3) is 4.86. The van der Waals surface area contributed by atoms with Crippen LogP contribution in [0.2, 0.25) is 0 Å². The molecule has 2 aromatic carbocycles. The van der Waals surface area contributed by atoms with E-state index in [2.05, 4.69) is 4.72 Å². The highest BCUT2D eigenvalue weighted by atomic mass is 32.2. The minimum absolute atomic E-state index is 0.143. The summed E-state index contributed by atoms with van der Waals surface area (Å²) in [5.74, 6) is 1.61. The molecular formula is C22H29NO4S. The number of hydrogen-bond acceptors (Lipinski definition) is 4. The molecule has 28 heavy (non-hydrogen) atoms. The van der Waals surface area contributed by atoms with Gasteiger partial charge in [0.1, 0.15) is 17.6 Å². The number of rotatable bonds is 8. The zero-order chi connectivity index (χ0) is 20.1. The van der Waals surface area contributed by atoms with E-state index in [-0.39, 0.29) is 12.1 Å². The molecule has 2 aromatic rings. The molecule has 6 heteroatoms. The van der Waals surface area contributed by atoms with Crippen molar-refractivity contribution in [1.29, 1.82) is 0 Å². The molecule has 1 saturated carbocycles. The normalized spacial score (nSPS) is 19.7. The van der Waals surface area contributed by atoms with Gasteiger partial charge in [-0.3, -0.25) is 0 Å². The Morgan fingerprint density at radius 3 is 2.46 bits per heavy atom. The van der Waals surface area contributed by atoms with Gasteiger partial charge in [0.15, 0.2) is 0 Å². The van der Waals surface area contributed by atoms with Crippen LogP contribution in [-0.4, -0.2) is 32.4 Å². The zero-order valence-corrected chi connectivity index (χ0v) is 17.5. The summed E-state index contributed by atoms with van der Waals surface area (Å²) < 4.78 is 39.0. The maximum absolute atomic E-state index is 12.2.